The van der Waals surface area contributed by atoms with Crippen LogP contribution in [0.2, 0.25) is 0 Å². The van der Waals surface area contributed by atoms with Gasteiger partial charge in [-0.05, 0) is 49.2 Å². The highest BCUT2D eigenvalue weighted by Crippen LogP contribution is 2.16. The normalized spacial score (nSPS) is 11.9. The van der Waals surface area contributed by atoms with E-state index in [9.17, 15) is 8.42 Å². The first-order valence-electron chi connectivity index (χ1n) is 8.75. The van der Waals surface area contributed by atoms with Gasteiger partial charge in [-0.15, -0.1) is 0 Å². The molecule has 3 N–H and O–H groups in total. The SMILES string of the molecule is CCCn1c(CNCCc2ccc(S(N)(=O)=O)cc2)nc2ccccc21. The van der Waals surface area contributed by atoms with Gasteiger partial charge < -0.3 is 9.88 Å². The van der Waals surface area contributed by atoms with Gasteiger partial charge in [-0.1, -0.05) is 31.2 Å². The molecule has 0 spiro atoms. The number of aromatic nitrogens is 2. The Morgan fingerprint density at radius 1 is 1.12 bits per heavy atom. The lowest BCUT2D eigenvalue weighted by Gasteiger charge is -2.09. The molecule has 6 nitrogen and oxygen atoms in total. The molecular weight excluding hydrogens is 348 g/mol. The molecule has 0 unspecified atom stereocenters. The van der Waals surface area contributed by atoms with E-state index in [0.717, 1.165) is 42.8 Å². The highest BCUT2D eigenvalue weighted by Gasteiger charge is 2.09. The predicted octanol–water partition coefficient (Wildman–Crippen LogP) is 2.43. The van der Waals surface area contributed by atoms with Crippen LogP contribution in [0.3, 0.4) is 0 Å². The summed E-state index contributed by atoms with van der Waals surface area (Å²) < 4.78 is 24.8. The molecule has 0 saturated carbocycles. The lowest BCUT2D eigenvalue weighted by molar-refractivity contribution is 0.596. The van der Waals surface area contributed by atoms with Crippen molar-refractivity contribution in [2.75, 3.05) is 6.54 Å². The summed E-state index contributed by atoms with van der Waals surface area (Å²) >= 11 is 0. The average Bonchev–Trinajstić information content (AvgIpc) is 2.97. The highest BCUT2D eigenvalue weighted by atomic mass is 32.2. The van der Waals surface area contributed by atoms with Crippen LogP contribution in [-0.2, 0) is 29.5 Å². The van der Waals surface area contributed by atoms with E-state index >= 15 is 0 Å². The molecule has 138 valence electrons. The van der Waals surface area contributed by atoms with Crippen molar-refractivity contribution in [3.8, 4) is 0 Å². The number of imidazole rings is 1. The summed E-state index contributed by atoms with van der Waals surface area (Å²) in [5.74, 6) is 1.04. The first kappa shape index (κ1) is 18.6. The summed E-state index contributed by atoms with van der Waals surface area (Å²) in [6.45, 7) is 4.59. The largest absolute Gasteiger partial charge is 0.327 e. The second kappa shape index (κ2) is 7.99. The van der Waals surface area contributed by atoms with Crippen LogP contribution in [0.15, 0.2) is 53.4 Å². The quantitative estimate of drug-likeness (QED) is 0.594. The highest BCUT2D eigenvalue weighted by molar-refractivity contribution is 7.89. The van der Waals surface area contributed by atoms with Crippen LogP contribution in [0.4, 0.5) is 0 Å². The molecule has 26 heavy (non-hydrogen) atoms. The number of para-hydroxylation sites is 2. The molecule has 0 aliphatic rings. The van der Waals surface area contributed by atoms with E-state index in [-0.39, 0.29) is 4.90 Å². The van der Waals surface area contributed by atoms with Gasteiger partial charge >= 0.3 is 0 Å². The molecule has 0 amide bonds. The van der Waals surface area contributed by atoms with Crippen molar-refractivity contribution in [2.45, 2.75) is 37.8 Å². The van der Waals surface area contributed by atoms with Crippen molar-refractivity contribution in [3.63, 3.8) is 0 Å². The minimum absolute atomic E-state index is 0.141. The zero-order valence-corrected chi connectivity index (χ0v) is 15.7. The van der Waals surface area contributed by atoms with Crippen LogP contribution in [-0.4, -0.2) is 24.5 Å². The standard InChI is InChI=1S/C19H24N4O2S/c1-2-13-23-18-6-4-3-5-17(18)22-19(23)14-21-12-11-15-7-9-16(10-8-15)26(20,24)25/h3-10,21H,2,11-14H2,1H3,(H2,20,24,25). The Balaban J connectivity index is 1.60. The molecule has 0 fully saturated rings. The maximum atomic E-state index is 11.3. The van der Waals surface area contributed by atoms with Crippen LogP contribution in [0.1, 0.15) is 24.7 Å². The van der Waals surface area contributed by atoms with Gasteiger partial charge in [-0.3, -0.25) is 0 Å². The van der Waals surface area contributed by atoms with E-state index < -0.39 is 10.0 Å². The third kappa shape index (κ3) is 4.30. The first-order valence-corrected chi connectivity index (χ1v) is 10.3. The minimum atomic E-state index is -3.63. The van der Waals surface area contributed by atoms with E-state index in [1.54, 1.807) is 24.3 Å². The van der Waals surface area contributed by atoms with Crippen molar-refractivity contribution >= 4 is 21.1 Å². The summed E-state index contributed by atoms with van der Waals surface area (Å²) in [7, 11) is -3.63. The van der Waals surface area contributed by atoms with Crippen molar-refractivity contribution in [3.05, 3.63) is 59.9 Å². The molecule has 0 atom stereocenters. The van der Waals surface area contributed by atoms with Crippen molar-refractivity contribution in [1.82, 2.24) is 14.9 Å². The fraction of sp³-hybridized carbons (Fsp3) is 0.316. The van der Waals surface area contributed by atoms with Gasteiger partial charge in [0.05, 0.1) is 22.5 Å². The lowest BCUT2D eigenvalue weighted by atomic mass is 10.1. The van der Waals surface area contributed by atoms with Gasteiger partial charge in [0.25, 0.3) is 0 Å². The minimum Gasteiger partial charge on any atom is -0.327 e. The fourth-order valence-corrected chi connectivity index (χ4v) is 3.53. The number of hydrogen-bond donors (Lipinski definition) is 2. The number of sulfonamides is 1. The van der Waals surface area contributed by atoms with Crippen molar-refractivity contribution < 1.29 is 8.42 Å². The molecule has 2 aromatic carbocycles. The monoisotopic (exact) mass is 372 g/mol. The Bertz CT molecular complexity index is 978. The second-order valence-electron chi connectivity index (χ2n) is 6.28. The summed E-state index contributed by atoms with van der Waals surface area (Å²) in [5, 5.41) is 8.54. The van der Waals surface area contributed by atoms with E-state index in [4.69, 9.17) is 10.1 Å². The summed E-state index contributed by atoms with van der Waals surface area (Å²) in [5.41, 5.74) is 3.26. The Morgan fingerprint density at radius 3 is 2.54 bits per heavy atom. The Morgan fingerprint density at radius 2 is 1.85 bits per heavy atom. The number of rotatable bonds is 8. The maximum Gasteiger partial charge on any atom is 0.238 e. The zero-order valence-electron chi connectivity index (χ0n) is 14.9. The summed E-state index contributed by atoms with van der Waals surface area (Å²) in [4.78, 5) is 4.88. The number of primary sulfonamides is 1. The topological polar surface area (TPSA) is 90.0 Å². The zero-order chi connectivity index (χ0) is 18.6. The van der Waals surface area contributed by atoms with Crippen LogP contribution in [0.5, 0.6) is 0 Å². The molecule has 0 bridgehead atoms. The Kier molecular flexibility index (Phi) is 5.70. The number of nitrogens with zero attached hydrogens (tertiary/aromatic N) is 2. The van der Waals surface area contributed by atoms with E-state index in [1.807, 2.05) is 18.2 Å². The molecule has 7 heteroatoms. The van der Waals surface area contributed by atoms with Gasteiger partial charge in [0.2, 0.25) is 10.0 Å². The van der Waals surface area contributed by atoms with Crippen LogP contribution in [0.25, 0.3) is 11.0 Å². The van der Waals surface area contributed by atoms with Crippen LogP contribution in [0, 0.1) is 0 Å². The third-order valence-electron chi connectivity index (χ3n) is 4.31. The molecule has 3 aromatic rings. The van der Waals surface area contributed by atoms with Gasteiger partial charge in [-0.2, -0.15) is 0 Å². The third-order valence-corrected chi connectivity index (χ3v) is 5.24. The Hall–Kier alpha value is -2.22. The molecule has 1 heterocycles. The van der Waals surface area contributed by atoms with Crippen LogP contribution < -0.4 is 10.5 Å². The number of aryl methyl sites for hydroxylation is 1. The van der Waals surface area contributed by atoms with Gasteiger partial charge in [0, 0.05) is 6.54 Å². The van der Waals surface area contributed by atoms with Crippen molar-refractivity contribution in [2.24, 2.45) is 5.14 Å². The molecule has 3 rings (SSSR count). The van der Waals surface area contributed by atoms with Gasteiger partial charge in [0.1, 0.15) is 5.82 Å². The first-order chi connectivity index (χ1) is 12.5. The van der Waals surface area contributed by atoms with Crippen molar-refractivity contribution in [1.29, 1.82) is 0 Å². The predicted molar refractivity (Wildman–Crippen MR) is 103 cm³/mol. The number of benzene rings is 2. The number of fused-ring (bicyclic) bond motifs is 1. The number of hydrogen-bond acceptors (Lipinski definition) is 4. The van der Waals surface area contributed by atoms with E-state index in [1.165, 1.54) is 5.52 Å². The molecule has 1 aromatic heterocycles. The number of nitrogens with one attached hydrogen (secondary N) is 1. The fourth-order valence-electron chi connectivity index (χ4n) is 3.01. The Labute approximate surface area is 154 Å². The molecular formula is C19H24N4O2S. The molecule has 0 saturated heterocycles. The lowest BCUT2D eigenvalue weighted by Crippen LogP contribution is -2.20. The van der Waals surface area contributed by atoms with Crippen LogP contribution >= 0.6 is 0 Å². The second-order valence-corrected chi connectivity index (χ2v) is 7.85. The van der Waals surface area contributed by atoms with Gasteiger partial charge in [0.15, 0.2) is 0 Å². The van der Waals surface area contributed by atoms with E-state index in [2.05, 4.69) is 22.9 Å². The van der Waals surface area contributed by atoms with E-state index in [0.29, 0.717) is 6.54 Å². The van der Waals surface area contributed by atoms with Gasteiger partial charge in [-0.25, -0.2) is 18.5 Å². The smallest absolute Gasteiger partial charge is 0.238 e. The summed E-state index contributed by atoms with van der Waals surface area (Å²) in [6, 6.07) is 14.9. The molecule has 0 aliphatic heterocycles. The average molecular weight is 372 g/mol. The maximum absolute atomic E-state index is 11.3. The molecule has 0 radical (unpaired) electrons. The number of nitrogens with two attached hydrogens (primary N) is 1. The molecule has 0 aliphatic carbocycles. The summed E-state index contributed by atoms with van der Waals surface area (Å²) in [6.07, 6.45) is 1.86.